The van der Waals surface area contributed by atoms with Crippen LogP contribution in [0.2, 0.25) is 0 Å². The molecule has 1 atom stereocenters. The van der Waals surface area contributed by atoms with Crippen molar-refractivity contribution in [1.29, 1.82) is 0 Å². The van der Waals surface area contributed by atoms with E-state index in [4.69, 9.17) is 4.74 Å². The van der Waals surface area contributed by atoms with Gasteiger partial charge in [-0.2, -0.15) is 0 Å². The molecule has 1 unspecified atom stereocenters. The monoisotopic (exact) mass is 493 g/mol. The second-order valence-electron chi connectivity index (χ2n) is 9.48. The quantitative estimate of drug-likeness (QED) is 0.611. The molecule has 2 fully saturated rings. The van der Waals surface area contributed by atoms with Crippen LogP contribution in [0.4, 0.5) is 11.4 Å². The number of methoxy groups -OCH3 is 1. The molecule has 2 aromatic rings. The molecule has 9 nitrogen and oxygen atoms in total. The molecule has 2 heterocycles. The molecule has 0 bridgehead atoms. The Labute approximate surface area is 212 Å². The number of carbonyl (C=O) groups excluding carboxylic acids is 3. The third kappa shape index (κ3) is 6.34. The van der Waals surface area contributed by atoms with Crippen LogP contribution >= 0.6 is 0 Å². The van der Waals surface area contributed by atoms with Crippen molar-refractivity contribution in [2.24, 2.45) is 0 Å². The zero-order chi connectivity index (χ0) is 25.7. The Morgan fingerprint density at radius 3 is 2.31 bits per heavy atom. The Kier molecular flexibility index (Phi) is 8.10. The van der Waals surface area contributed by atoms with E-state index >= 15 is 0 Å². The zero-order valence-electron chi connectivity index (χ0n) is 21.3. The largest absolute Gasteiger partial charge is 0.497 e. The predicted octanol–water partition coefficient (Wildman–Crippen LogP) is 1.79. The molecule has 2 N–H and O–H groups in total. The maximum atomic E-state index is 13.2. The molecule has 3 amide bonds. The standard InChI is InChI=1S/C27H35N5O4/c1-19-14-20(2)16-21(15-19)29-25(33)17-24-27(35)28-8-9-32(24)26(34)18-30-10-12-31(13-11-30)22-4-6-23(36-3)7-5-22/h4-7,14-16,24H,8-13,17-18H2,1-3H3,(H,28,35)(H,29,33). The lowest BCUT2D eigenvalue weighted by Gasteiger charge is -2.39. The van der Waals surface area contributed by atoms with Crippen LogP contribution in [-0.4, -0.2) is 86.5 Å². The molecule has 0 saturated carbocycles. The summed E-state index contributed by atoms with van der Waals surface area (Å²) in [5.74, 6) is 0.139. The summed E-state index contributed by atoms with van der Waals surface area (Å²) in [6.45, 7) is 8.07. The van der Waals surface area contributed by atoms with Gasteiger partial charge in [0.25, 0.3) is 0 Å². The van der Waals surface area contributed by atoms with Gasteiger partial charge in [-0.1, -0.05) is 6.07 Å². The molecule has 2 aromatic carbocycles. The van der Waals surface area contributed by atoms with E-state index in [1.807, 2.05) is 56.3 Å². The van der Waals surface area contributed by atoms with Crippen molar-refractivity contribution in [3.63, 3.8) is 0 Å². The number of amides is 3. The number of carbonyl (C=O) groups is 3. The molecule has 4 rings (SSSR count). The van der Waals surface area contributed by atoms with Gasteiger partial charge in [-0.25, -0.2) is 0 Å². The highest BCUT2D eigenvalue weighted by Gasteiger charge is 2.35. The van der Waals surface area contributed by atoms with E-state index in [0.29, 0.717) is 18.8 Å². The molecule has 2 aliphatic rings. The first-order chi connectivity index (χ1) is 17.3. The number of aryl methyl sites for hydroxylation is 2. The summed E-state index contributed by atoms with van der Waals surface area (Å²) >= 11 is 0. The van der Waals surface area contributed by atoms with Crippen LogP contribution in [-0.2, 0) is 14.4 Å². The Morgan fingerprint density at radius 2 is 1.67 bits per heavy atom. The van der Waals surface area contributed by atoms with Crippen molar-refractivity contribution in [3.8, 4) is 5.75 Å². The fourth-order valence-electron chi connectivity index (χ4n) is 4.89. The summed E-state index contributed by atoms with van der Waals surface area (Å²) in [6, 6.07) is 13.0. The maximum Gasteiger partial charge on any atom is 0.243 e. The fraction of sp³-hybridized carbons (Fsp3) is 0.444. The van der Waals surface area contributed by atoms with Gasteiger partial charge >= 0.3 is 0 Å². The second-order valence-corrected chi connectivity index (χ2v) is 9.48. The SMILES string of the molecule is COc1ccc(N2CCN(CC(=O)N3CCNC(=O)C3CC(=O)Nc3cc(C)cc(C)c3)CC2)cc1. The average Bonchev–Trinajstić information content (AvgIpc) is 2.85. The lowest BCUT2D eigenvalue weighted by atomic mass is 10.1. The summed E-state index contributed by atoms with van der Waals surface area (Å²) in [5, 5.41) is 5.68. The number of anilines is 2. The summed E-state index contributed by atoms with van der Waals surface area (Å²) < 4.78 is 5.23. The van der Waals surface area contributed by atoms with Gasteiger partial charge in [0.2, 0.25) is 17.7 Å². The first kappa shape index (κ1) is 25.5. The smallest absolute Gasteiger partial charge is 0.243 e. The first-order valence-corrected chi connectivity index (χ1v) is 12.4. The van der Waals surface area contributed by atoms with Crippen LogP contribution in [0.15, 0.2) is 42.5 Å². The summed E-state index contributed by atoms with van der Waals surface area (Å²) in [7, 11) is 1.65. The van der Waals surface area contributed by atoms with Crippen LogP contribution in [0.5, 0.6) is 5.75 Å². The zero-order valence-corrected chi connectivity index (χ0v) is 21.3. The number of ether oxygens (including phenoxy) is 1. The van der Waals surface area contributed by atoms with Crippen LogP contribution in [0.3, 0.4) is 0 Å². The highest BCUT2D eigenvalue weighted by Crippen LogP contribution is 2.21. The predicted molar refractivity (Wildman–Crippen MR) is 139 cm³/mol. The van der Waals surface area contributed by atoms with E-state index in [9.17, 15) is 14.4 Å². The minimum absolute atomic E-state index is 0.0736. The van der Waals surface area contributed by atoms with Crippen LogP contribution < -0.4 is 20.3 Å². The first-order valence-electron chi connectivity index (χ1n) is 12.4. The van der Waals surface area contributed by atoms with E-state index in [0.717, 1.165) is 48.7 Å². The number of piperazine rings is 2. The van der Waals surface area contributed by atoms with Gasteiger partial charge in [0.15, 0.2) is 0 Å². The Morgan fingerprint density at radius 1 is 1.00 bits per heavy atom. The lowest BCUT2D eigenvalue weighted by molar-refractivity contribution is -0.145. The third-order valence-electron chi connectivity index (χ3n) is 6.70. The molecule has 0 spiro atoms. The van der Waals surface area contributed by atoms with Gasteiger partial charge in [0.1, 0.15) is 11.8 Å². The van der Waals surface area contributed by atoms with Gasteiger partial charge in [-0.15, -0.1) is 0 Å². The van der Waals surface area contributed by atoms with Crippen LogP contribution in [0.1, 0.15) is 17.5 Å². The summed E-state index contributed by atoms with van der Waals surface area (Å²) in [4.78, 5) is 44.6. The van der Waals surface area contributed by atoms with Gasteiger partial charge < -0.3 is 25.2 Å². The van der Waals surface area contributed by atoms with Crippen molar-refractivity contribution in [2.45, 2.75) is 26.3 Å². The fourth-order valence-corrected chi connectivity index (χ4v) is 4.89. The lowest BCUT2D eigenvalue weighted by Crippen LogP contribution is -2.60. The molecule has 0 radical (unpaired) electrons. The minimum Gasteiger partial charge on any atom is -0.497 e. The molecule has 36 heavy (non-hydrogen) atoms. The third-order valence-corrected chi connectivity index (χ3v) is 6.70. The van der Waals surface area contributed by atoms with Gasteiger partial charge in [-0.05, 0) is 61.4 Å². The van der Waals surface area contributed by atoms with Crippen LogP contribution in [0.25, 0.3) is 0 Å². The normalized spacial score (nSPS) is 18.5. The highest BCUT2D eigenvalue weighted by molar-refractivity contribution is 5.97. The molecular weight excluding hydrogens is 458 g/mol. The molecule has 2 saturated heterocycles. The molecule has 0 aromatic heterocycles. The molecular formula is C27H35N5O4. The Bertz CT molecular complexity index is 1080. The van der Waals surface area contributed by atoms with Crippen molar-refractivity contribution in [3.05, 3.63) is 53.6 Å². The molecule has 192 valence electrons. The number of benzene rings is 2. The van der Waals surface area contributed by atoms with E-state index in [2.05, 4.69) is 20.4 Å². The molecule has 9 heteroatoms. The summed E-state index contributed by atoms with van der Waals surface area (Å²) in [5.41, 5.74) is 3.92. The minimum atomic E-state index is -0.808. The van der Waals surface area contributed by atoms with Crippen molar-refractivity contribution < 1.29 is 19.1 Å². The maximum absolute atomic E-state index is 13.2. The van der Waals surface area contributed by atoms with Gasteiger partial charge in [0.05, 0.1) is 20.1 Å². The number of rotatable bonds is 7. The Hall–Kier alpha value is -3.59. The second kappa shape index (κ2) is 11.4. The molecule has 0 aliphatic carbocycles. The van der Waals surface area contributed by atoms with E-state index in [1.165, 1.54) is 0 Å². The van der Waals surface area contributed by atoms with E-state index < -0.39 is 6.04 Å². The number of nitrogens with zero attached hydrogens (tertiary/aromatic N) is 3. The number of nitrogens with one attached hydrogen (secondary N) is 2. The van der Waals surface area contributed by atoms with E-state index in [1.54, 1.807) is 12.0 Å². The van der Waals surface area contributed by atoms with Crippen molar-refractivity contribution in [2.75, 3.05) is 63.1 Å². The molecule has 2 aliphatic heterocycles. The summed E-state index contributed by atoms with van der Waals surface area (Å²) in [6.07, 6.45) is -0.0736. The average molecular weight is 494 g/mol. The van der Waals surface area contributed by atoms with Gasteiger partial charge in [0, 0.05) is 50.6 Å². The van der Waals surface area contributed by atoms with Crippen molar-refractivity contribution in [1.82, 2.24) is 15.1 Å². The number of hydrogen-bond donors (Lipinski definition) is 2. The van der Waals surface area contributed by atoms with Gasteiger partial charge in [-0.3, -0.25) is 19.3 Å². The van der Waals surface area contributed by atoms with Crippen LogP contribution in [0, 0.1) is 13.8 Å². The Balaban J connectivity index is 1.32. The van der Waals surface area contributed by atoms with Crippen molar-refractivity contribution >= 4 is 29.1 Å². The number of hydrogen-bond acceptors (Lipinski definition) is 6. The van der Waals surface area contributed by atoms with E-state index in [-0.39, 0.29) is 30.7 Å². The highest BCUT2D eigenvalue weighted by atomic mass is 16.5. The topological polar surface area (TPSA) is 94.2 Å².